The molecule has 1 spiro atoms. The maximum Gasteiger partial charge on any atom is 0.247 e. The summed E-state index contributed by atoms with van der Waals surface area (Å²) in [7, 11) is 0. The van der Waals surface area contributed by atoms with Crippen molar-refractivity contribution in [2.24, 2.45) is 5.41 Å². The monoisotopic (exact) mass is 408 g/mol. The van der Waals surface area contributed by atoms with Crippen LogP contribution in [0.4, 0.5) is 21.5 Å². The number of benzene rings is 2. The molecular formula is C24H29FN4O. The Labute approximate surface area is 177 Å². The van der Waals surface area contributed by atoms with Crippen molar-refractivity contribution in [3.63, 3.8) is 0 Å². The first-order chi connectivity index (χ1) is 14.5. The minimum Gasteiger partial charge on any atom is -0.373 e. The van der Waals surface area contributed by atoms with E-state index in [9.17, 15) is 9.18 Å². The van der Waals surface area contributed by atoms with Gasteiger partial charge in [-0.05, 0) is 74.5 Å². The molecule has 5 rings (SSSR count). The molecular weight excluding hydrogens is 379 g/mol. The quantitative estimate of drug-likeness (QED) is 0.725. The number of amides is 1. The van der Waals surface area contributed by atoms with Crippen molar-refractivity contribution in [2.45, 2.75) is 38.6 Å². The number of hydrogen-bond donors (Lipinski definition) is 3. The van der Waals surface area contributed by atoms with E-state index in [4.69, 9.17) is 0 Å². The summed E-state index contributed by atoms with van der Waals surface area (Å²) in [5.74, 6) is -0.375. The second-order valence-electron chi connectivity index (χ2n) is 9.08. The summed E-state index contributed by atoms with van der Waals surface area (Å²) in [5, 5.41) is 9.70. The second-order valence-corrected chi connectivity index (χ2v) is 9.08. The zero-order valence-electron chi connectivity index (χ0n) is 17.4. The summed E-state index contributed by atoms with van der Waals surface area (Å²) in [6, 6.07) is 10.9. The highest BCUT2D eigenvalue weighted by Gasteiger charge is 2.39. The number of piperidine rings is 1. The van der Waals surface area contributed by atoms with Gasteiger partial charge in [-0.3, -0.25) is 4.79 Å². The van der Waals surface area contributed by atoms with Crippen LogP contribution in [0, 0.1) is 18.2 Å². The zero-order valence-corrected chi connectivity index (χ0v) is 17.4. The van der Waals surface area contributed by atoms with Gasteiger partial charge in [-0.15, -0.1) is 0 Å². The molecule has 2 aromatic carbocycles. The maximum absolute atomic E-state index is 14.1. The predicted molar refractivity (Wildman–Crippen MR) is 119 cm³/mol. The minimum atomic E-state index is -0.455. The van der Waals surface area contributed by atoms with Crippen LogP contribution in [0.1, 0.15) is 30.4 Å². The van der Waals surface area contributed by atoms with E-state index in [2.05, 4.69) is 33.0 Å². The number of halogens is 1. The largest absolute Gasteiger partial charge is 0.373 e. The Morgan fingerprint density at radius 2 is 2.03 bits per heavy atom. The number of carbonyl (C=O) groups is 1. The number of fused-ring (bicyclic) bond motifs is 1. The van der Waals surface area contributed by atoms with Gasteiger partial charge >= 0.3 is 0 Å². The van der Waals surface area contributed by atoms with Gasteiger partial charge in [0.05, 0.1) is 0 Å². The van der Waals surface area contributed by atoms with Crippen LogP contribution >= 0.6 is 0 Å². The molecule has 2 saturated heterocycles. The molecule has 0 aromatic heterocycles. The average molecular weight is 409 g/mol. The van der Waals surface area contributed by atoms with Crippen molar-refractivity contribution in [2.75, 3.05) is 41.7 Å². The third-order valence-corrected chi connectivity index (χ3v) is 7.09. The first-order valence-electron chi connectivity index (χ1n) is 10.9. The molecule has 2 fully saturated rings. The number of aryl methyl sites for hydroxylation is 1. The Balaban J connectivity index is 1.26. The molecule has 0 bridgehead atoms. The van der Waals surface area contributed by atoms with Crippen molar-refractivity contribution in [3.05, 3.63) is 53.3 Å². The smallest absolute Gasteiger partial charge is 0.247 e. The lowest BCUT2D eigenvalue weighted by atomic mass is 9.78. The van der Waals surface area contributed by atoms with Crippen molar-refractivity contribution in [1.82, 2.24) is 5.32 Å². The number of rotatable bonds is 3. The van der Waals surface area contributed by atoms with Crippen LogP contribution in [0.15, 0.2) is 36.4 Å². The highest BCUT2D eigenvalue weighted by atomic mass is 19.1. The van der Waals surface area contributed by atoms with Crippen LogP contribution in [0.2, 0.25) is 0 Å². The molecule has 0 radical (unpaired) electrons. The number of hydrogen-bond acceptors (Lipinski definition) is 4. The number of carbonyl (C=O) groups excluding carboxylic acids is 1. The van der Waals surface area contributed by atoms with Gasteiger partial charge in [-0.1, -0.05) is 12.1 Å². The fraction of sp³-hybridized carbons (Fsp3) is 0.458. The van der Waals surface area contributed by atoms with Crippen LogP contribution in [0.25, 0.3) is 0 Å². The summed E-state index contributed by atoms with van der Waals surface area (Å²) in [5.41, 5.74) is 4.71. The molecule has 1 unspecified atom stereocenters. The van der Waals surface area contributed by atoms with Crippen LogP contribution < -0.4 is 20.9 Å². The van der Waals surface area contributed by atoms with Crippen molar-refractivity contribution in [1.29, 1.82) is 0 Å². The number of nitrogens with one attached hydrogen (secondary N) is 3. The third-order valence-electron chi connectivity index (χ3n) is 7.09. The minimum absolute atomic E-state index is 0.126. The molecule has 2 aromatic rings. The molecule has 3 aliphatic heterocycles. The lowest BCUT2D eigenvalue weighted by Gasteiger charge is -2.34. The summed E-state index contributed by atoms with van der Waals surface area (Å²) < 4.78 is 14.1. The number of nitrogens with zero attached hydrogens (tertiary/aromatic N) is 1. The van der Waals surface area contributed by atoms with Gasteiger partial charge in [-0.25, -0.2) is 4.39 Å². The molecule has 0 aliphatic carbocycles. The Morgan fingerprint density at radius 3 is 2.83 bits per heavy atom. The first kappa shape index (κ1) is 19.4. The fourth-order valence-corrected chi connectivity index (χ4v) is 5.26. The lowest BCUT2D eigenvalue weighted by molar-refractivity contribution is -0.116. The van der Waals surface area contributed by atoms with Crippen molar-refractivity contribution >= 4 is 23.0 Å². The van der Waals surface area contributed by atoms with Gasteiger partial charge in [-0.2, -0.15) is 0 Å². The van der Waals surface area contributed by atoms with E-state index in [1.54, 1.807) is 6.07 Å². The van der Waals surface area contributed by atoms with E-state index in [0.717, 1.165) is 48.8 Å². The Kier molecular flexibility index (Phi) is 4.89. The standard InChI is InChI=1S/C24H29FN4O/c1-16-5-6-20(25)19-14-21(28-22(16)19)23(30)27-17-3-2-4-18(13-17)29-12-9-24(15-29)7-10-26-11-8-24/h2-6,13,21,26,28H,7-12,14-15H2,1H3,(H,27,30). The highest BCUT2D eigenvalue weighted by molar-refractivity contribution is 5.98. The van der Waals surface area contributed by atoms with Crippen molar-refractivity contribution in [3.8, 4) is 0 Å². The molecule has 6 heteroatoms. The SMILES string of the molecule is Cc1ccc(F)c2c1NC(C(=O)Nc1cccc(N3CCC4(CCNCC4)C3)c1)C2. The summed E-state index contributed by atoms with van der Waals surface area (Å²) in [4.78, 5) is 15.3. The molecule has 1 amide bonds. The maximum atomic E-state index is 14.1. The molecule has 30 heavy (non-hydrogen) atoms. The zero-order chi connectivity index (χ0) is 20.7. The molecule has 3 aliphatic rings. The lowest BCUT2D eigenvalue weighted by Crippen LogP contribution is -2.38. The van der Waals surface area contributed by atoms with E-state index < -0.39 is 6.04 Å². The van der Waals surface area contributed by atoms with Gasteiger partial charge in [0.15, 0.2) is 0 Å². The molecule has 5 nitrogen and oxygen atoms in total. The Hall–Kier alpha value is -2.60. The molecule has 158 valence electrons. The van der Waals surface area contributed by atoms with Crippen LogP contribution in [-0.2, 0) is 11.2 Å². The van der Waals surface area contributed by atoms with Crippen LogP contribution in [0.5, 0.6) is 0 Å². The summed E-state index contributed by atoms with van der Waals surface area (Å²) in [6.45, 7) is 6.31. The molecule has 0 saturated carbocycles. The van der Waals surface area contributed by atoms with E-state index >= 15 is 0 Å². The molecule has 3 heterocycles. The van der Waals surface area contributed by atoms with Crippen LogP contribution in [-0.4, -0.2) is 38.1 Å². The second kappa shape index (κ2) is 7.58. The summed E-state index contributed by atoms with van der Waals surface area (Å²) >= 11 is 0. The van der Waals surface area contributed by atoms with E-state index in [-0.39, 0.29) is 11.7 Å². The van der Waals surface area contributed by atoms with Gasteiger partial charge in [0.2, 0.25) is 5.91 Å². The van der Waals surface area contributed by atoms with E-state index in [1.807, 2.05) is 19.1 Å². The first-order valence-corrected chi connectivity index (χ1v) is 10.9. The molecule has 1 atom stereocenters. The van der Waals surface area contributed by atoms with E-state index in [0.29, 0.717) is 17.4 Å². The Bertz CT molecular complexity index is 939. The topological polar surface area (TPSA) is 56.4 Å². The van der Waals surface area contributed by atoms with Gasteiger partial charge in [0.1, 0.15) is 11.9 Å². The third kappa shape index (κ3) is 3.54. The highest BCUT2D eigenvalue weighted by Crippen LogP contribution is 2.40. The summed E-state index contributed by atoms with van der Waals surface area (Å²) in [6.07, 6.45) is 4.09. The van der Waals surface area contributed by atoms with E-state index in [1.165, 1.54) is 25.3 Å². The Morgan fingerprint density at radius 1 is 1.20 bits per heavy atom. The average Bonchev–Trinajstić information content (AvgIpc) is 3.38. The predicted octanol–water partition coefficient (Wildman–Crippen LogP) is 3.69. The fourth-order valence-electron chi connectivity index (χ4n) is 5.26. The van der Waals surface area contributed by atoms with Gasteiger partial charge in [0.25, 0.3) is 0 Å². The van der Waals surface area contributed by atoms with Crippen LogP contribution in [0.3, 0.4) is 0 Å². The molecule has 3 N–H and O–H groups in total. The normalized spacial score (nSPS) is 22.1. The van der Waals surface area contributed by atoms with Crippen molar-refractivity contribution < 1.29 is 9.18 Å². The van der Waals surface area contributed by atoms with Gasteiger partial charge in [0, 0.05) is 42.1 Å². The number of anilines is 3. The van der Waals surface area contributed by atoms with Gasteiger partial charge < -0.3 is 20.9 Å².